The topological polar surface area (TPSA) is 56.8 Å². The number of hydrogen-bond acceptors (Lipinski definition) is 4. The molecular formula is C21H27NO4. The van der Waals surface area contributed by atoms with Gasteiger partial charge in [0, 0.05) is 5.56 Å². The molecule has 0 saturated heterocycles. The van der Waals surface area contributed by atoms with Crippen molar-refractivity contribution in [2.75, 3.05) is 19.8 Å². The molecule has 0 aliphatic heterocycles. The maximum Gasteiger partial charge on any atom is 0.252 e. The Labute approximate surface area is 155 Å². The van der Waals surface area contributed by atoms with Crippen LogP contribution in [0.15, 0.2) is 42.5 Å². The highest BCUT2D eigenvalue weighted by Crippen LogP contribution is 2.39. The Hall–Kier alpha value is -2.69. The minimum absolute atomic E-state index is 0.110. The van der Waals surface area contributed by atoms with Gasteiger partial charge in [-0.2, -0.15) is 0 Å². The first kappa shape index (κ1) is 19.6. The molecule has 0 heterocycles. The summed E-state index contributed by atoms with van der Waals surface area (Å²) in [4.78, 5) is 12.7. The summed E-state index contributed by atoms with van der Waals surface area (Å²) in [6.45, 7) is 9.05. The highest BCUT2D eigenvalue weighted by molar-refractivity contribution is 5.95. The highest BCUT2D eigenvalue weighted by Gasteiger charge is 2.19. The van der Waals surface area contributed by atoms with Gasteiger partial charge in [0.2, 0.25) is 5.75 Å². The van der Waals surface area contributed by atoms with E-state index in [-0.39, 0.29) is 11.9 Å². The van der Waals surface area contributed by atoms with Gasteiger partial charge in [0.1, 0.15) is 0 Å². The molecule has 1 atom stereocenters. The van der Waals surface area contributed by atoms with Gasteiger partial charge < -0.3 is 19.5 Å². The molecule has 0 aromatic heterocycles. The standard InChI is InChI=1S/C21H27NO4/c1-5-24-18-13-17(14-19(25-6-2)20(18)26-7-3)21(23)22-15(4)16-11-9-8-10-12-16/h8-15H,5-7H2,1-4H3,(H,22,23)/t15-/m0/s1. The molecular weight excluding hydrogens is 330 g/mol. The number of ether oxygens (including phenoxy) is 3. The molecule has 5 nitrogen and oxygen atoms in total. The lowest BCUT2D eigenvalue weighted by molar-refractivity contribution is 0.0938. The average Bonchev–Trinajstić information content (AvgIpc) is 2.65. The zero-order valence-electron chi connectivity index (χ0n) is 15.9. The predicted molar refractivity (Wildman–Crippen MR) is 102 cm³/mol. The van der Waals surface area contributed by atoms with Crippen molar-refractivity contribution < 1.29 is 19.0 Å². The normalized spacial score (nSPS) is 11.5. The second kappa shape index (κ2) is 9.70. The summed E-state index contributed by atoms with van der Waals surface area (Å²) in [7, 11) is 0. The lowest BCUT2D eigenvalue weighted by Gasteiger charge is -2.18. The first-order valence-corrected chi connectivity index (χ1v) is 9.02. The fraction of sp³-hybridized carbons (Fsp3) is 0.381. The lowest BCUT2D eigenvalue weighted by Crippen LogP contribution is -2.26. The van der Waals surface area contributed by atoms with Crippen LogP contribution in [0, 0.1) is 0 Å². The molecule has 0 fully saturated rings. The lowest BCUT2D eigenvalue weighted by atomic mass is 10.1. The van der Waals surface area contributed by atoms with Crippen LogP contribution in [0.25, 0.3) is 0 Å². The van der Waals surface area contributed by atoms with Crippen LogP contribution in [0.1, 0.15) is 49.7 Å². The van der Waals surface area contributed by atoms with Crippen LogP contribution in [0.2, 0.25) is 0 Å². The molecule has 140 valence electrons. The van der Waals surface area contributed by atoms with E-state index >= 15 is 0 Å². The molecule has 2 rings (SSSR count). The third-order valence-corrected chi connectivity index (χ3v) is 3.82. The van der Waals surface area contributed by atoms with Gasteiger partial charge in [0.05, 0.1) is 25.9 Å². The summed E-state index contributed by atoms with van der Waals surface area (Å²) in [5, 5.41) is 3.01. The van der Waals surface area contributed by atoms with Crippen LogP contribution in [-0.4, -0.2) is 25.7 Å². The van der Waals surface area contributed by atoms with Gasteiger partial charge in [-0.25, -0.2) is 0 Å². The van der Waals surface area contributed by atoms with E-state index in [0.29, 0.717) is 42.6 Å². The van der Waals surface area contributed by atoms with Crippen molar-refractivity contribution in [2.45, 2.75) is 33.7 Å². The van der Waals surface area contributed by atoms with E-state index in [4.69, 9.17) is 14.2 Å². The van der Waals surface area contributed by atoms with E-state index in [1.165, 1.54) is 0 Å². The third kappa shape index (κ3) is 4.91. The number of carbonyl (C=O) groups is 1. The molecule has 0 saturated carbocycles. The van der Waals surface area contributed by atoms with Crippen molar-refractivity contribution in [1.29, 1.82) is 0 Å². The number of rotatable bonds is 9. The van der Waals surface area contributed by atoms with Gasteiger partial charge in [-0.3, -0.25) is 4.79 Å². The first-order valence-electron chi connectivity index (χ1n) is 9.02. The van der Waals surface area contributed by atoms with Crippen LogP contribution in [0.3, 0.4) is 0 Å². The molecule has 26 heavy (non-hydrogen) atoms. The van der Waals surface area contributed by atoms with E-state index in [0.717, 1.165) is 5.56 Å². The van der Waals surface area contributed by atoms with E-state index in [2.05, 4.69) is 5.32 Å². The Morgan fingerprint density at radius 3 is 1.96 bits per heavy atom. The molecule has 2 aromatic rings. The minimum Gasteiger partial charge on any atom is -0.490 e. The smallest absolute Gasteiger partial charge is 0.252 e. The molecule has 0 bridgehead atoms. The van der Waals surface area contributed by atoms with Crippen molar-refractivity contribution in [1.82, 2.24) is 5.32 Å². The summed E-state index contributed by atoms with van der Waals surface area (Å²) in [5.41, 5.74) is 1.52. The maximum atomic E-state index is 12.7. The Kier molecular flexibility index (Phi) is 7.33. The number of amides is 1. The summed E-state index contributed by atoms with van der Waals surface area (Å²) in [6, 6.07) is 13.1. The molecule has 5 heteroatoms. The van der Waals surface area contributed by atoms with Crippen LogP contribution < -0.4 is 19.5 Å². The fourth-order valence-corrected chi connectivity index (χ4v) is 2.62. The third-order valence-electron chi connectivity index (χ3n) is 3.82. The summed E-state index contributed by atoms with van der Waals surface area (Å²) < 4.78 is 17.0. The van der Waals surface area contributed by atoms with Crippen molar-refractivity contribution in [3.63, 3.8) is 0 Å². The first-order chi connectivity index (χ1) is 12.6. The van der Waals surface area contributed by atoms with Crippen LogP contribution in [-0.2, 0) is 0 Å². The number of nitrogens with one attached hydrogen (secondary N) is 1. The second-order valence-electron chi connectivity index (χ2n) is 5.71. The quantitative estimate of drug-likeness (QED) is 0.724. The molecule has 0 unspecified atom stereocenters. The summed E-state index contributed by atoms with van der Waals surface area (Å²) in [5.74, 6) is 1.37. The van der Waals surface area contributed by atoms with Gasteiger partial charge in [-0.15, -0.1) is 0 Å². The van der Waals surface area contributed by atoms with Crippen LogP contribution in [0.4, 0.5) is 0 Å². The van der Waals surface area contributed by atoms with Gasteiger partial charge >= 0.3 is 0 Å². The monoisotopic (exact) mass is 357 g/mol. The molecule has 0 radical (unpaired) electrons. The van der Waals surface area contributed by atoms with Crippen molar-refractivity contribution in [3.8, 4) is 17.2 Å². The van der Waals surface area contributed by atoms with Crippen molar-refractivity contribution >= 4 is 5.91 Å². The Balaban J connectivity index is 2.30. The van der Waals surface area contributed by atoms with Crippen LogP contribution >= 0.6 is 0 Å². The SMILES string of the molecule is CCOc1cc(C(=O)N[C@@H](C)c2ccccc2)cc(OCC)c1OCC. The van der Waals surface area contributed by atoms with Gasteiger partial charge in [-0.1, -0.05) is 30.3 Å². The number of benzene rings is 2. The maximum absolute atomic E-state index is 12.7. The zero-order chi connectivity index (χ0) is 18.9. The summed E-state index contributed by atoms with van der Waals surface area (Å²) >= 11 is 0. The average molecular weight is 357 g/mol. The van der Waals surface area contributed by atoms with Crippen LogP contribution in [0.5, 0.6) is 17.2 Å². The second-order valence-corrected chi connectivity index (χ2v) is 5.71. The number of hydrogen-bond donors (Lipinski definition) is 1. The minimum atomic E-state index is -0.189. The van der Waals surface area contributed by atoms with E-state index in [1.807, 2.05) is 58.0 Å². The largest absolute Gasteiger partial charge is 0.490 e. The van der Waals surface area contributed by atoms with E-state index < -0.39 is 0 Å². The van der Waals surface area contributed by atoms with E-state index in [1.54, 1.807) is 12.1 Å². The Bertz CT molecular complexity index is 688. The molecule has 2 aromatic carbocycles. The Morgan fingerprint density at radius 1 is 0.923 bits per heavy atom. The molecule has 0 aliphatic carbocycles. The molecule has 0 aliphatic rings. The van der Waals surface area contributed by atoms with Crippen molar-refractivity contribution in [2.24, 2.45) is 0 Å². The summed E-state index contributed by atoms with van der Waals surface area (Å²) in [6.07, 6.45) is 0. The van der Waals surface area contributed by atoms with Gasteiger partial charge in [0.15, 0.2) is 11.5 Å². The molecule has 1 amide bonds. The van der Waals surface area contributed by atoms with Crippen molar-refractivity contribution in [3.05, 3.63) is 53.6 Å². The molecule has 0 spiro atoms. The van der Waals surface area contributed by atoms with E-state index in [9.17, 15) is 4.79 Å². The predicted octanol–water partition coefficient (Wildman–Crippen LogP) is 4.37. The zero-order valence-corrected chi connectivity index (χ0v) is 15.9. The highest BCUT2D eigenvalue weighted by atomic mass is 16.5. The fourth-order valence-electron chi connectivity index (χ4n) is 2.62. The van der Waals surface area contributed by atoms with Gasteiger partial charge in [0.25, 0.3) is 5.91 Å². The van der Waals surface area contributed by atoms with Gasteiger partial charge in [-0.05, 0) is 45.4 Å². The Morgan fingerprint density at radius 2 is 1.46 bits per heavy atom. The molecule has 1 N–H and O–H groups in total. The number of carbonyl (C=O) groups excluding carboxylic acids is 1.